The number of benzene rings is 2. The van der Waals surface area contributed by atoms with Gasteiger partial charge >= 0.3 is 5.97 Å². The molecular formula is C22H19N7O2. The summed E-state index contributed by atoms with van der Waals surface area (Å²) in [6.45, 7) is 2.01. The van der Waals surface area contributed by atoms with Gasteiger partial charge in [0.25, 0.3) is 0 Å². The van der Waals surface area contributed by atoms with Crippen molar-refractivity contribution in [3.63, 3.8) is 0 Å². The second-order valence-electron chi connectivity index (χ2n) is 7.14. The van der Waals surface area contributed by atoms with Crippen molar-refractivity contribution in [2.24, 2.45) is 0 Å². The number of ether oxygens (including phenoxy) is 1. The van der Waals surface area contributed by atoms with Gasteiger partial charge in [0.15, 0.2) is 0 Å². The molecule has 1 N–H and O–H groups in total. The number of carbonyl (C=O) groups excluding carboxylic acids is 1. The summed E-state index contributed by atoms with van der Waals surface area (Å²) in [7, 11) is 0. The highest BCUT2D eigenvalue weighted by molar-refractivity contribution is 5.92. The summed E-state index contributed by atoms with van der Waals surface area (Å²) in [6, 6.07) is 16.9. The van der Waals surface area contributed by atoms with Crippen LogP contribution in [0.2, 0.25) is 0 Å². The number of allylic oxidation sites excluding steroid dienone is 1. The second-order valence-corrected chi connectivity index (χ2v) is 7.14. The van der Waals surface area contributed by atoms with Crippen molar-refractivity contribution in [2.45, 2.75) is 19.6 Å². The molecule has 154 valence electrons. The van der Waals surface area contributed by atoms with Crippen molar-refractivity contribution in [3.05, 3.63) is 95.7 Å². The molecule has 0 aliphatic carbocycles. The third-order valence-electron chi connectivity index (χ3n) is 5.16. The SMILES string of the molecule is CC1=C(C(=O)OCc2ccccc2)C(c2ccc(-n3ccnc3)cc2)n2nnnc2N1. The number of esters is 1. The molecule has 0 bridgehead atoms. The third kappa shape index (κ3) is 3.57. The fourth-order valence-electron chi connectivity index (χ4n) is 3.63. The first-order chi connectivity index (χ1) is 15.2. The predicted octanol–water partition coefficient (Wildman–Crippen LogP) is 2.89. The maximum absolute atomic E-state index is 13.1. The molecule has 5 rings (SSSR count). The van der Waals surface area contributed by atoms with E-state index >= 15 is 0 Å². The Balaban J connectivity index is 1.47. The van der Waals surface area contributed by atoms with Crippen LogP contribution in [0.25, 0.3) is 5.69 Å². The van der Waals surface area contributed by atoms with Crippen molar-refractivity contribution >= 4 is 11.9 Å². The molecule has 0 saturated carbocycles. The summed E-state index contributed by atoms with van der Waals surface area (Å²) in [5, 5.41) is 15.0. The normalized spacial score (nSPS) is 15.3. The molecule has 0 fully saturated rings. The monoisotopic (exact) mass is 413 g/mol. The average molecular weight is 413 g/mol. The van der Waals surface area contributed by atoms with Crippen LogP contribution in [0, 0.1) is 0 Å². The van der Waals surface area contributed by atoms with Crippen LogP contribution in [0.3, 0.4) is 0 Å². The van der Waals surface area contributed by atoms with Gasteiger partial charge in [0.2, 0.25) is 5.95 Å². The molecule has 9 heteroatoms. The van der Waals surface area contributed by atoms with E-state index in [0.29, 0.717) is 17.2 Å². The smallest absolute Gasteiger partial charge is 0.338 e. The molecule has 9 nitrogen and oxygen atoms in total. The van der Waals surface area contributed by atoms with Gasteiger partial charge in [0, 0.05) is 23.8 Å². The molecule has 31 heavy (non-hydrogen) atoms. The van der Waals surface area contributed by atoms with E-state index in [-0.39, 0.29) is 6.61 Å². The molecule has 1 aliphatic heterocycles. The molecule has 1 atom stereocenters. The lowest BCUT2D eigenvalue weighted by Crippen LogP contribution is -2.29. The van der Waals surface area contributed by atoms with E-state index in [9.17, 15) is 4.79 Å². The van der Waals surface area contributed by atoms with Gasteiger partial charge in [-0.1, -0.05) is 47.6 Å². The topological polar surface area (TPSA) is 99.8 Å². The Kier molecular flexibility index (Phi) is 4.75. The van der Waals surface area contributed by atoms with E-state index in [2.05, 4.69) is 25.8 Å². The first-order valence-corrected chi connectivity index (χ1v) is 9.76. The molecule has 1 aliphatic rings. The summed E-state index contributed by atoms with van der Waals surface area (Å²) in [5.74, 6) is 0.0551. The minimum atomic E-state index is -0.508. The lowest BCUT2D eigenvalue weighted by molar-refractivity contribution is -0.140. The predicted molar refractivity (Wildman–Crippen MR) is 112 cm³/mol. The van der Waals surface area contributed by atoms with Crippen molar-refractivity contribution in [1.29, 1.82) is 0 Å². The van der Waals surface area contributed by atoms with E-state index in [0.717, 1.165) is 16.8 Å². The zero-order valence-corrected chi connectivity index (χ0v) is 16.7. The molecule has 0 amide bonds. The Hall–Kier alpha value is -4.27. The molecular weight excluding hydrogens is 394 g/mol. The third-order valence-corrected chi connectivity index (χ3v) is 5.16. The van der Waals surface area contributed by atoms with Crippen LogP contribution in [0.1, 0.15) is 24.1 Å². The highest BCUT2D eigenvalue weighted by Crippen LogP contribution is 2.35. The van der Waals surface area contributed by atoms with E-state index < -0.39 is 12.0 Å². The van der Waals surface area contributed by atoms with Gasteiger partial charge in [-0.3, -0.25) is 0 Å². The zero-order valence-electron chi connectivity index (χ0n) is 16.7. The first-order valence-electron chi connectivity index (χ1n) is 9.76. The molecule has 2 aromatic heterocycles. The minimum Gasteiger partial charge on any atom is -0.457 e. The largest absolute Gasteiger partial charge is 0.457 e. The fourth-order valence-corrected chi connectivity index (χ4v) is 3.63. The van der Waals surface area contributed by atoms with Crippen LogP contribution in [0.4, 0.5) is 5.95 Å². The van der Waals surface area contributed by atoms with Gasteiger partial charge in [0.1, 0.15) is 12.6 Å². The summed E-state index contributed by atoms with van der Waals surface area (Å²) < 4.78 is 9.14. The number of imidazole rings is 1. The second kappa shape index (κ2) is 7.86. The quantitative estimate of drug-likeness (QED) is 0.502. The van der Waals surface area contributed by atoms with Crippen LogP contribution in [0.5, 0.6) is 0 Å². The fraction of sp³-hybridized carbons (Fsp3) is 0.136. The summed E-state index contributed by atoms with van der Waals surface area (Å²) in [4.78, 5) is 17.2. The summed E-state index contributed by atoms with van der Waals surface area (Å²) in [6.07, 6.45) is 5.33. The van der Waals surface area contributed by atoms with E-state index in [1.165, 1.54) is 0 Å². The number of aromatic nitrogens is 6. The Morgan fingerprint density at radius 1 is 1.13 bits per heavy atom. The maximum atomic E-state index is 13.1. The van der Waals surface area contributed by atoms with Crippen LogP contribution in [-0.2, 0) is 16.1 Å². The van der Waals surface area contributed by atoms with E-state index in [1.807, 2.05) is 72.3 Å². The number of tetrazole rings is 1. The number of nitrogens with one attached hydrogen (secondary N) is 1. The highest BCUT2D eigenvalue weighted by Gasteiger charge is 2.35. The van der Waals surface area contributed by atoms with E-state index in [1.54, 1.807) is 17.2 Å². The number of fused-ring (bicyclic) bond motifs is 1. The van der Waals surface area contributed by atoms with E-state index in [4.69, 9.17) is 4.74 Å². The molecule has 4 aromatic rings. The molecule has 3 heterocycles. The average Bonchev–Trinajstić information content (AvgIpc) is 3.50. The Bertz CT molecular complexity index is 1230. The van der Waals surface area contributed by atoms with Crippen LogP contribution in [-0.4, -0.2) is 35.7 Å². The molecule has 0 spiro atoms. The number of rotatable bonds is 5. The maximum Gasteiger partial charge on any atom is 0.338 e. The van der Waals surface area contributed by atoms with Gasteiger partial charge < -0.3 is 14.6 Å². The van der Waals surface area contributed by atoms with Crippen LogP contribution in [0.15, 0.2) is 84.6 Å². The number of anilines is 1. The van der Waals surface area contributed by atoms with Gasteiger partial charge in [0.05, 0.1) is 11.9 Å². The lowest BCUT2D eigenvalue weighted by Gasteiger charge is -2.27. The van der Waals surface area contributed by atoms with Gasteiger partial charge in [-0.15, -0.1) is 0 Å². The summed E-state index contributed by atoms with van der Waals surface area (Å²) >= 11 is 0. The Morgan fingerprint density at radius 3 is 2.68 bits per heavy atom. The van der Waals surface area contributed by atoms with Gasteiger partial charge in [-0.25, -0.2) is 9.78 Å². The molecule has 2 aromatic carbocycles. The minimum absolute atomic E-state index is 0.186. The molecule has 1 unspecified atom stereocenters. The van der Waals surface area contributed by atoms with Crippen molar-refractivity contribution in [3.8, 4) is 5.69 Å². The van der Waals surface area contributed by atoms with Crippen LogP contribution >= 0.6 is 0 Å². The number of nitrogens with zero attached hydrogens (tertiary/aromatic N) is 6. The number of hydrogen-bond acceptors (Lipinski definition) is 7. The standard InChI is InChI=1S/C22H19N7O2/c1-15-19(21(30)31-13-16-5-3-2-4-6-16)20(29-22(24-15)25-26-27-29)17-7-9-18(10-8-17)28-12-11-23-14-28/h2-12,14,20H,13H2,1H3,(H,24,25,27). The van der Waals surface area contributed by atoms with Crippen molar-refractivity contribution in [2.75, 3.05) is 5.32 Å². The Labute approximate surface area is 178 Å². The molecule has 0 radical (unpaired) electrons. The Morgan fingerprint density at radius 2 is 1.94 bits per heavy atom. The lowest BCUT2D eigenvalue weighted by atomic mass is 9.95. The van der Waals surface area contributed by atoms with Crippen molar-refractivity contribution in [1.82, 2.24) is 29.8 Å². The van der Waals surface area contributed by atoms with Gasteiger partial charge in [-0.05, 0) is 40.6 Å². The summed E-state index contributed by atoms with van der Waals surface area (Å²) in [5.41, 5.74) is 3.86. The number of carbonyl (C=O) groups is 1. The van der Waals surface area contributed by atoms with Crippen LogP contribution < -0.4 is 5.32 Å². The van der Waals surface area contributed by atoms with Crippen molar-refractivity contribution < 1.29 is 9.53 Å². The highest BCUT2D eigenvalue weighted by atomic mass is 16.5. The zero-order chi connectivity index (χ0) is 21.2. The number of hydrogen-bond donors (Lipinski definition) is 1. The van der Waals surface area contributed by atoms with Gasteiger partial charge in [-0.2, -0.15) is 4.68 Å². The first kappa shape index (κ1) is 18.7. The molecule has 0 saturated heterocycles.